The Morgan fingerprint density at radius 3 is 2.52 bits per heavy atom. The summed E-state index contributed by atoms with van der Waals surface area (Å²) in [5.41, 5.74) is -1.73. The van der Waals surface area contributed by atoms with E-state index in [9.17, 15) is 10.2 Å². The minimum atomic E-state index is -1.10. The number of hydrogen-bond donors (Lipinski definition) is 2. The monoisotopic (exact) mass is 369 g/mol. The minimum absolute atomic E-state index is 0.142. The molecule has 1 aromatic rings. The molecule has 1 aliphatic heterocycles. The molecule has 1 saturated carbocycles. The fraction of sp³-hybridized carbons (Fsp3) is 0.684. The largest absolute Gasteiger partial charge is 0.490 e. The van der Waals surface area contributed by atoms with Crippen LogP contribution >= 0.6 is 11.6 Å². The molecule has 0 bridgehead atoms. The van der Waals surface area contributed by atoms with Crippen LogP contribution in [0.4, 0.5) is 0 Å². The van der Waals surface area contributed by atoms with Crippen LogP contribution in [0.2, 0.25) is 5.02 Å². The van der Waals surface area contributed by atoms with Crippen LogP contribution in [-0.4, -0.2) is 65.8 Å². The summed E-state index contributed by atoms with van der Waals surface area (Å²) in [6.45, 7) is 2.66. The van der Waals surface area contributed by atoms with Gasteiger partial charge in [-0.15, -0.1) is 0 Å². The van der Waals surface area contributed by atoms with Crippen molar-refractivity contribution in [2.45, 2.75) is 43.3 Å². The zero-order valence-corrected chi connectivity index (χ0v) is 15.4. The zero-order valence-electron chi connectivity index (χ0n) is 14.6. The van der Waals surface area contributed by atoms with Crippen molar-refractivity contribution in [3.8, 4) is 5.75 Å². The Morgan fingerprint density at radius 2 is 1.80 bits per heavy atom. The molecule has 1 heterocycles. The van der Waals surface area contributed by atoms with Crippen molar-refractivity contribution in [2.24, 2.45) is 0 Å². The van der Waals surface area contributed by atoms with E-state index < -0.39 is 11.2 Å². The van der Waals surface area contributed by atoms with Gasteiger partial charge in [-0.25, -0.2) is 0 Å². The van der Waals surface area contributed by atoms with E-state index in [0.29, 0.717) is 37.0 Å². The quantitative estimate of drug-likeness (QED) is 0.834. The number of rotatable bonds is 5. The molecule has 0 spiro atoms. The van der Waals surface area contributed by atoms with Crippen LogP contribution in [0.15, 0.2) is 24.3 Å². The van der Waals surface area contributed by atoms with E-state index in [-0.39, 0.29) is 13.2 Å². The molecule has 1 atom stereocenters. The highest BCUT2D eigenvalue weighted by atomic mass is 35.5. The molecule has 1 saturated heterocycles. The summed E-state index contributed by atoms with van der Waals surface area (Å²) in [4.78, 5) is 2.11. The number of aliphatic hydroxyl groups is 2. The number of β-amino-alcohol motifs (C(OH)–C–C–N with tert-alkyl or cyclic N) is 2. The molecule has 1 aromatic carbocycles. The second-order valence-corrected chi connectivity index (χ2v) is 7.95. The van der Waals surface area contributed by atoms with Crippen LogP contribution in [0.1, 0.15) is 32.1 Å². The number of nitrogens with zero attached hydrogens (tertiary/aromatic N) is 1. The van der Waals surface area contributed by atoms with Gasteiger partial charge in [0.1, 0.15) is 18.0 Å². The van der Waals surface area contributed by atoms with Gasteiger partial charge in [0.05, 0.1) is 18.8 Å². The van der Waals surface area contributed by atoms with Gasteiger partial charge in [-0.1, -0.05) is 30.9 Å². The van der Waals surface area contributed by atoms with Crippen molar-refractivity contribution in [1.82, 2.24) is 4.90 Å². The molecule has 0 radical (unpaired) electrons. The summed E-state index contributed by atoms with van der Waals surface area (Å²) in [6, 6.07) is 7.09. The Balaban J connectivity index is 1.58. The molecule has 2 fully saturated rings. The molecule has 0 aromatic heterocycles. The predicted molar refractivity (Wildman–Crippen MR) is 97.2 cm³/mol. The molecular weight excluding hydrogens is 342 g/mol. The fourth-order valence-electron chi connectivity index (χ4n) is 3.75. The second kappa shape index (κ2) is 8.23. The van der Waals surface area contributed by atoms with E-state index in [1.165, 1.54) is 6.42 Å². The minimum Gasteiger partial charge on any atom is -0.490 e. The first kappa shape index (κ1) is 18.9. The maximum absolute atomic E-state index is 11.0. The summed E-state index contributed by atoms with van der Waals surface area (Å²) in [5, 5.41) is 22.4. The highest BCUT2D eigenvalue weighted by Gasteiger charge is 2.37. The molecule has 140 valence electrons. The summed E-state index contributed by atoms with van der Waals surface area (Å²) in [7, 11) is 0. The van der Waals surface area contributed by atoms with E-state index in [0.717, 1.165) is 25.7 Å². The lowest BCUT2D eigenvalue weighted by Crippen LogP contribution is -2.53. The van der Waals surface area contributed by atoms with Gasteiger partial charge in [-0.2, -0.15) is 0 Å². The lowest BCUT2D eigenvalue weighted by Gasteiger charge is -2.38. The first-order valence-corrected chi connectivity index (χ1v) is 9.48. The Bertz CT molecular complexity index is 547. The van der Waals surface area contributed by atoms with E-state index >= 15 is 0 Å². The molecule has 25 heavy (non-hydrogen) atoms. The lowest BCUT2D eigenvalue weighted by atomic mass is 9.84. The van der Waals surface area contributed by atoms with Crippen molar-refractivity contribution in [3.05, 3.63) is 29.3 Å². The fourth-order valence-corrected chi connectivity index (χ4v) is 3.88. The van der Waals surface area contributed by atoms with E-state index in [1.807, 2.05) is 0 Å². The highest BCUT2D eigenvalue weighted by Crippen LogP contribution is 2.29. The van der Waals surface area contributed by atoms with Crippen molar-refractivity contribution >= 4 is 11.6 Å². The Hall–Kier alpha value is -0.850. The highest BCUT2D eigenvalue weighted by molar-refractivity contribution is 6.30. The third-order valence-electron chi connectivity index (χ3n) is 5.06. The van der Waals surface area contributed by atoms with Gasteiger partial charge in [0.2, 0.25) is 0 Å². The van der Waals surface area contributed by atoms with Crippen molar-refractivity contribution in [2.75, 3.05) is 39.5 Å². The van der Waals surface area contributed by atoms with Gasteiger partial charge < -0.3 is 19.7 Å². The predicted octanol–water partition coefficient (Wildman–Crippen LogP) is 2.48. The van der Waals surface area contributed by atoms with Gasteiger partial charge in [-0.3, -0.25) is 4.90 Å². The molecule has 6 heteroatoms. The van der Waals surface area contributed by atoms with Gasteiger partial charge in [0.25, 0.3) is 0 Å². The van der Waals surface area contributed by atoms with Gasteiger partial charge >= 0.3 is 0 Å². The first-order chi connectivity index (χ1) is 12.0. The van der Waals surface area contributed by atoms with E-state index in [2.05, 4.69) is 4.90 Å². The molecule has 5 nitrogen and oxygen atoms in total. The smallest absolute Gasteiger partial charge is 0.134 e. The van der Waals surface area contributed by atoms with Crippen LogP contribution < -0.4 is 4.74 Å². The van der Waals surface area contributed by atoms with Crippen LogP contribution in [0, 0.1) is 0 Å². The molecule has 2 N–H and O–H groups in total. The van der Waals surface area contributed by atoms with Gasteiger partial charge in [0, 0.05) is 24.7 Å². The van der Waals surface area contributed by atoms with Crippen molar-refractivity contribution < 1.29 is 19.7 Å². The number of halogens is 1. The summed E-state index contributed by atoms with van der Waals surface area (Å²) in [6.07, 6.45) is 5.02. The molecule has 0 amide bonds. The normalized spacial score (nSPS) is 27.6. The number of hydrogen-bond acceptors (Lipinski definition) is 5. The van der Waals surface area contributed by atoms with Crippen molar-refractivity contribution in [1.29, 1.82) is 0 Å². The maximum Gasteiger partial charge on any atom is 0.134 e. The molecular formula is C19H28ClNO4. The average Bonchev–Trinajstić information content (AvgIpc) is 2.76. The number of ether oxygens (including phenoxy) is 2. The molecule has 3 rings (SSSR count). The summed E-state index contributed by atoms with van der Waals surface area (Å²) < 4.78 is 11.3. The van der Waals surface area contributed by atoms with Gasteiger partial charge in [-0.05, 0) is 37.1 Å². The van der Waals surface area contributed by atoms with Crippen molar-refractivity contribution in [3.63, 3.8) is 0 Å². The Morgan fingerprint density at radius 1 is 1.08 bits per heavy atom. The third-order valence-corrected chi connectivity index (χ3v) is 5.32. The number of benzene rings is 1. The van der Waals surface area contributed by atoms with Crippen LogP contribution in [-0.2, 0) is 4.74 Å². The molecule has 2 aliphatic rings. The lowest BCUT2D eigenvalue weighted by molar-refractivity contribution is -0.0759. The zero-order chi connectivity index (χ0) is 17.8. The summed E-state index contributed by atoms with van der Waals surface area (Å²) in [5.74, 6) is 0.666. The van der Waals surface area contributed by atoms with E-state index in [1.54, 1.807) is 24.3 Å². The maximum atomic E-state index is 11.0. The SMILES string of the molecule is OC1(CN2CCOC[C@@](O)(COc3ccc(Cl)cc3)C2)CCCCC1. The van der Waals surface area contributed by atoms with Crippen LogP contribution in [0.5, 0.6) is 5.75 Å². The summed E-state index contributed by atoms with van der Waals surface area (Å²) >= 11 is 5.88. The Labute approximate surface area is 154 Å². The Kier molecular flexibility index (Phi) is 6.23. The standard InChI is InChI=1S/C19H28ClNO4/c20-16-4-6-17(7-5-16)25-15-19(23)13-21(10-11-24-14-19)12-18(22)8-2-1-3-9-18/h4-7,22-23H,1-3,8-15H2/t19-/m1/s1. The van der Waals surface area contributed by atoms with Crippen LogP contribution in [0.25, 0.3) is 0 Å². The third kappa shape index (κ3) is 5.56. The molecule has 1 aliphatic carbocycles. The molecule has 0 unspecified atom stereocenters. The first-order valence-electron chi connectivity index (χ1n) is 9.10. The van der Waals surface area contributed by atoms with E-state index in [4.69, 9.17) is 21.1 Å². The second-order valence-electron chi connectivity index (χ2n) is 7.52. The topological polar surface area (TPSA) is 62.2 Å². The van der Waals surface area contributed by atoms with Gasteiger partial charge in [0.15, 0.2) is 0 Å². The average molecular weight is 370 g/mol. The van der Waals surface area contributed by atoms with Crippen LogP contribution in [0.3, 0.4) is 0 Å².